The second-order valence-electron chi connectivity index (χ2n) is 5.05. The first-order valence-electron chi connectivity index (χ1n) is 7.09. The summed E-state index contributed by atoms with van der Waals surface area (Å²) in [6.45, 7) is 2.34. The molecule has 22 heavy (non-hydrogen) atoms. The molecular formula is C14H18N2O4S2. The van der Waals surface area contributed by atoms with Gasteiger partial charge in [-0.3, -0.25) is 9.59 Å². The number of carbonyl (C=O) groups excluding carboxylic acids is 2. The second kappa shape index (κ2) is 6.89. The highest BCUT2D eigenvalue weighted by molar-refractivity contribution is 7.99. The van der Waals surface area contributed by atoms with Crippen molar-refractivity contribution in [1.29, 1.82) is 0 Å². The number of hydrogen-bond donors (Lipinski definition) is 0. The molecule has 0 unspecified atom stereocenters. The molecule has 120 valence electrons. The fourth-order valence-corrected chi connectivity index (χ4v) is 4.54. The van der Waals surface area contributed by atoms with Gasteiger partial charge < -0.3 is 19.3 Å². The van der Waals surface area contributed by atoms with Gasteiger partial charge in [0.1, 0.15) is 16.7 Å². The molecule has 6 nitrogen and oxygen atoms in total. The van der Waals surface area contributed by atoms with Crippen LogP contribution in [0.25, 0.3) is 0 Å². The zero-order valence-corrected chi connectivity index (χ0v) is 14.0. The van der Waals surface area contributed by atoms with Crippen LogP contribution in [0.4, 0.5) is 0 Å². The van der Waals surface area contributed by atoms with E-state index in [0.29, 0.717) is 48.6 Å². The highest BCUT2D eigenvalue weighted by Crippen LogP contribution is 2.31. The molecular weight excluding hydrogens is 324 g/mol. The standard InChI is InChI=1S/C14H18N2O4S2/c1-19-11-2-7-22-12(11)14(18)16-9-21-8-10(16)13(17)15-3-5-20-6-4-15/h2,7,10H,3-6,8-9H2,1H3/t10-/m0/s1. The van der Waals surface area contributed by atoms with E-state index in [1.807, 2.05) is 5.38 Å². The Labute approximate surface area is 137 Å². The van der Waals surface area contributed by atoms with Crippen LogP contribution in [0.2, 0.25) is 0 Å². The van der Waals surface area contributed by atoms with E-state index >= 15 is 0 Å². The third-order valence-corrected chi connectivity index (χ3v) is 5.69. The molecule has 2 saturated heterocycles. The van der Waals surface area contributed by atoms with Gasteiger partial charge in [-0.15, -0.1) is 23.1 Å². The van der Waals surface area contributed by atoms with Gasteiger partial charge >= 0.3 is 0 Å². The summed E-state index contributed by atoms with van der Waals surface area (Å²) in [5.74, 6) is 1.67. The molecule has 0 bridgehead atoms. The zero-order valence-electron chi connectivity index (χ0n) is 12.3. The largest absolute Gasteiger partial charge is 0.495 e. The van der Waals surface area contributed by atoms with E-state index in [-0.39, 0.29) is 17.9 Å². The Morgan fingerprint density at radius 1 is 1.36 bits per heavy atom. The maximum Gasteiger partial charge on any atom is 0.269 e. The number of ether oxygens (including phenoxy) is 2. The molecule has 1 atom stereocenters. The first-order chi connectivity index (χ1) is 10.7. The molecule has 0 saturated carbocycles. The minimum absolute atomic E-state index is 0.0252. The summed E-state index contributed by atoms with van der Waals surface area (Å²) < 4.78 is 10.5. The molecule has 0 N–H and O–H groups in total. The summed E-state index contributed by atoms with van der Waals surface area (Å²) in [7, 11) is 1.55. The van der Waals surface area contributed by atoms with Crippen molar-refractivity contribution >= 4 is 34.9 Å². The summed E-state index contributed by atoms with van der Waals surface area (Å²) in [6.07, 6.45) is 0. The maximum absolute atomic E-state index is 12.7. The van der Waals surface area contributed by atoms with Gasteiger partial charge in [0.05, 0.1) is 26.2 Å². The first-order valence-corrected chi connectivity index (χ1v) is 9.12. The van der Waals surface area contributed by atoms with Crippen molar-refractivity contribution in [2.75, 3.05) is 45.0 Å². The Morgan fingerprint density at radius 3 is 2.86 bits per heavy atom. The molecule has 2 amide bonds. The smallest absolute Gasteiger partial charge is 0.269 e. The monoisotopic (exact) mass is 342 g/mol. The molecule has 1 aromatic rings. The number of methoxy groups -OCH3 is 1. The van der Waals surface area contributed by atoms with E-state index in [2.05, 4.69) is 0 Å². The lowest BCUT2D eigenvalue weighted by Gasteiger charge is -2.32. The van der Waals surface area contributed by atoms with E-state index < -0.39 is 0 Å². The van der Waals surface area contributed by atoms with E-state index in [4.69, 9.17) is 9.47 Å². The first kappa shape index (κ1) is 15.6. The molecule has 0 aliphatic carbocycles. The summed E-state index contributed by atoms with van der Waals surface area (Å²) in [5.41, 5.74) is 0. The van der Waals surface area contributed by atoms with Crippen LogP contribution in [0.15, 0.2) is 11.4 Å². The summed E-state index contributed by atoms with van der Waals surface area (Å²) in [4.78, 5) is 29.4. The van der Waals surface area contributed by atoms with Gasteiger partial charge in [0, 0.05) is 18.8 Å². The Hall–Kier alpha value is -1.25. The number of rotatable bonds is 3. The van der Waals surface area contributed by atoms with Gasteiger partial charge in [-0.2, -0.15) is 0 Å². The highest BCUT2D eigenvalue weighted by atomic mass is 32.2. The zero-order chi connectivity index (χ0) is 15.5. The second-order valence-corrected chi connectivity index (χ2v) is 6.96. The van der Waals surface area contributed by atoms with Crippen LogP contribution in [0.3, 0.4) is 0 Å². The Kier molecular flexibility index (Phi) is 4.90. The van der Waals surface area contributed by atoms with Crippen molar-refractivity contribution in [3.63, 3.8) is 0 Å². The molecule has 2 aliphatic heterocycles. The molecule has 2 fully saturated rings. The number of hydrogen-bond acceptors (Lipinski definition) is 6. The number of nitrogens with zero attached hydrogens (tertiary/aromatic N) is 2. The van der Waals surface area contributed by atoms with Crippen molar-refractivity contribution in [3.8, 4) is 5.75 Å². The summed E-state index contributed by atoms with van der Waals surface area (Å²) in [6, 6.07) is 1.39. The van der Waals surface area contributed by atoms with E-state index in [9.17, 15) is 9.59 Å². The van der Waals surface area contributed by atoms with Gasteiger partial charge in [0.2, 0.25) is 5.91 Å². The number of morpholine rings is 1. The predicted molar refractivity (Wildman–Crippen MR) is 85.6 cm³/mol. The minimum atomic E-state index is -0.387. The van der Waals surface area contributed by atoms with Crippen LogP contribution in [0.1, 0.15) is 9.67 Å². The molecule has 2 aliphatic rings. The molecule has 0 spiro atoms. The number of thiophene rings is 1. The lowest BCUT2D eigenvalue weighted by atomic mass is 10.2. The van der Waals surface area contributed by atoms with Crippen molar-refractivity contribution in [2.24, 2.45) is 0 Å². The van der Waals surface area contributed by atoms with Crippen molar-refractivity contribution in [2.45, 2.75) is 6.04 Å². The normalized spacial score (nSPS) is 22.0. The highest BCUT2D eigenvalue weighted by Gasteiger charge is 2.38. The average molecular weight is 342 g/mol. The van der Waals surface area contributed by atoms with Gasteiger partial charge in [0.25, 0.3) is 5.91 Å². The van der Waals surface area contributed by atoms with Gasteiger partial charge in [0.15, 0.2) is 0 Å². The van der Waals surface area contributed by atoms with Crippen LogP contribution >= 0.6 is 23.1 Å². The van der Waals surface area contributed by atoms with Crippen LogP contribution in [-0.4, -0.2) is 72.7 Å². The average Bonchev–Trinajstić information content (AvgIpc) is 3.23. The van der Waals surface area contributed by atoms with Crippen LogP contribution in [0.5, 0.6) is 5.75 Å². The van der Waals surface area contributed by atoms with Gasteiger partial charge in [-0.05, 0) is 11.4 Å². The Balaban J connectivity index is 1.75. The maximum atomic E-state index is 12.7. The summed E-state index contributed by atoms with van der Waals surface area (Å²) in [5, 5.41) is 1.83. The minimum Gasteiger partial charge on any atom is -0.495 e. The lowest BCUT2D eigenvalue weighted by Crippen LogP contribution is -2.51. The van der Waals surface area contributed by atoms with Crippen molar-refractivity contribution in [3.05, 3.63) is 16.3 Å². The Bertz CT molecular complexity index is 557. The lowest BCUT2D eigenvalue weighted by molar-refractivity contribution is -0.138. The van der Waals surface area contributed by atoms with Crippen LogP contribution < -0.4 is 4.74 Å². The number of carbonyl (C=O) groups is 2. The van der Waals surface area contributed by atoms with E-state index in [1.54, 1.807) is 34.7 Å². The van der Waals surface area contributed by atoms with Crippen LogP contribution in [-0.2, 0) is 9.53 Å². The third kappa shape index (κ3) is 2.95. The molecule has 1 aromatic heterocycles. The van der Waals surface area contributed by atoms with Crippen molar-refractivity contribution in [1.82, 2.24) is 9.80 Å². The molecule has 8 heteroatoms. The third-order valence-electron chi connectivity index (χ3n) is 3.79. The summed E-state index contributed by atoms with van der Waals surface area (Å²) >= 11 is 2.96. The molecule has 0 aromatic carbocycles. The van der Waals surface area contributed by atoms with Gasteiger partial charge in [-0.25, -0.2) is 0 Å². The van der Waals surface area contributed by atoms with Crippen molar-refractivity contribution < 1.29 is 19.1 Å². The van der Waals surface area contributed by atoms with E-state index in [1.165, 1.54) is 11.3 Å². The van der Waals surface area contributed by atoms with Crippen LogP contribution in [0, 0.1) is 0 Å². The Morgan fingerprint density at radius 2 is 2.14 bits per heavy atom. The SMILES string of the molecule is COc1ccsc1C(=O)N1CSC[C@H]1C(=O)N1CCOCC1. The molecule has 3 heterocycles. The quantitative estimate of drug-likeness (QED) is 0.824. The predicted octanol–water partition coefficient (Wildman–Crippen LogP) is 1.13. The van der Waals surface area contributed by atoms with Gasteiger partial charge in [-0.1, -0.05) is 0 Å². The fraction of sp³-hybridized carbons (Fsp3) is 0.571. The van der Waals surface area contributed by atoms with E-state index in [0.717, 1.165) is 0 Å². The fourth-order valence-electron chi connectivity index (χ4n) is 2.59. The number of amides is 2. The topological polar surface area (TPSA) is 59.1 Å². The molecule has 3 rings (SSSR count). The number of thioether (sulfide) groups is 1. The molecule has 0 radical (unpaired) electrons.